The Morgan fingerprint density at radius 3 is 2.25 bits per heavy atom. The van der Waals surface area contributed by atoms with Crippen LogP contribution in [0.25, 0.3) is 0 Å². The first kappa shape index (κ1) is 13.7. The molecule has 0 bridgehead atoms. The molecule has 0 heterocycles. The minimum absolute atomic E-state index is 0.216. The van der Waals surface area contributed by atoms with Crippen molar-refractivity contribution in [2.24, 2.45) is 0 Å². The number of imide groups is 1. The summed E-state index contributed by atoms with van der Waals surface area (Å²) >= 11 is 0. The maximum Gasteiger partial charge on any atom is 0.321 e. The van der Waals surface area contributed by atoms with Gasteiger partial charge in [0.1, 0.15) is 5.82 Å². The Kier molecular flexibility index (Phi) is 4.44. The van der Waals surface area contributed by atoms with Crippen molar-refractivity contribution in [3.05, 3.63) is 71.5 Å². The second-order valence-electron chi connectivity index (χ2n) is 4.13. The van der Waals surface area contributed by atoms with Crippen molar-refractivity contribution in [2.75, 3.05) is 0 Å². The molecule has 0 saturated heterocycles. The van der Waals surface area contributed by atoms with Crippen molar-refractivity contribution in [2.45, 2.75) is 6.54 Å². The summed E-state index contributed by atoms with van der Waals surface area (Å²) in [6, 6.07) is 13.6. The minimum Gasteiger partial charge on any atom is -0.334 e. The van der Waals surface area contributed by atoms with E-state index in [2.05, 4.69) is 10.6 Å². The Bertz CT molecular complexity index is 597. The molecule has 0 atom stereocenters. The summed E-state index contributed by atoms with van der Waals surface area (Å²) < 4.78 is 12.7. The zero-order valence-corrected chi connectivity index (χ0v) is 10.6. The topological polar surface area (TPSA) is 58.2 Å². The molecule has 0 aliphatic carbocycles. The van der Waals surface area contributed by atoms with Crippen LogP contribution in [0, 0.1) is 5.82 Å². The second kappa shape index (κ2) is 6.47. The van der Waals surface area contributed by atoms with Crippen LogP contribution in [0.15, 0.2) is 54.6 Å². The summed E-state index contributed by atoms with van der Waals surface area (Å²) in [7, 11) is 0. The van der Waals surface area contributed by atoms with Crippen molar-refractivity contribution >= 4 is 11.9 Å². The lowest BCUT2D eigenvalue weighted by atomic mass is 10.2. The fourth-order valence-corrected chi connectivity index (χ4v) is 1.59. The summed E-state index contributed by atoms with van der Waals surface area (Å²) in [6.07, 6.45) is 0. The molecule has 3 amide bonds. The molecule has 0 radical (unpaired) electrons. The van der Waals surface area contributed by atoms with Crippen molar-refractivity contribution < 1.29 is 14.0 Å². The Hall–Kier alpha value is -2.69. The third-order valence-corrected chi connectivity index (χ3v) is 2.63. The number of hydrogen-bond donors (Lipinski definition) is 2. The van der Waals surface area contributed by atoms with Crippen molar-refractivity contribution in [1.82, 2.24) is 10.6 Å². The Labute approximate surface area is 115 Å². The fourth-order valence-electron chi connectivity index (χ4n) is 1.59. The molecule has 0 aromatic heterocycles. The molecule has 2 aromatic carbocycles. The molecule has 2 N–H and O–H groups in total. The van der Waals surface area contributed by atoms with Crippen LogP contribution in [0.2, 0.25) is 0 Å². The van der Waals surface area contributed by atoms with Gasteiger partial charge >= 0.3 is 6.03 Å². The van der Waals surface area contributed by atoms with E-state index in [0.717, 1.165) is 5.56 Å². The first-order chi connectivity index (χ1) is 9.65. The van der Waals surface area contributed by atoms with Crippen LogP contribution >= 0.6 is 0 Å². The van der Waals surface area contributed by atoms with Gasteiger partial charge in [0.15, 0.2) is 0 Å². The second-order valence-corrected chi connectivity index (χ2v) is 4.13. The van der Waals surface area contributed by atoms with Gasteiger partial charge in [-0.1, -0.05) is 30.3 Å². The van der Waals surface area contributed by atoms with Gasteiger partial charge in [0, 0.05) is 12.1 Å². The quantitative estimate of drug-likeness (QED) is 0.901. The summed E-state index contributed by atoms with van der Waals surface area (Å²) in [6.45, 7) is 0.216. The van der Waals surface area contributed by atoms with Gasteiger partial charge in [0.25, 0.3) is 5.91 Å². The number of carbonyl (C=O) groups excluding carboxylic acids is 2. The first-order valence-corrected chi connectivity index (χ1v) is 6.04. The normalized spacial score (nSPS) is 9.85. The van der Waals surface area contributed by atoms with E-state index in [4.69, 9.17) is 0 Å². The van der Waals surface area contributed by atoms with Crippen molar-refractivity contribution in [1.29, 1.82) is 0 Å². The Morgan fingerprint density at radius 2 is 1.60 bits per heavy atom. The molecule has 2 aromatic rings. The summed E-state index contributed by atoms with van der Waals surface area (Å²) in [5.74, 6) is -0.806. The highest BCUT2D eigenvalue weighted by Crippen LogP contribution is 2.02. The van der Waals surface area contributed by atoms with Crippen LogP contribution in [0.3, 0.4) is 0 Å². The van der Waals surface area contributed by atoms with Gasteiger partial charge in [-0.25, -0.2) is 9.18 Å². The number of benzene rings is 2. The highest BCUT2D eigenvalue weighted by molar-refractivity contribution is 6.04. The van der Waals surface area contributed by atoms with Crippen LogP contribution in [0.5, 0.6) is 0 Å². The van der Waals surface area contributed by atoms with Crippen LogP contribution in [0.1, 0.15) is 15.9 Å². The van der Waals surface area contributed by atoms with Crippen LogP contribution < -0.4 is 10.6 Å². The van der Waals surface area contributed by atoms with E-state index in [-0.39, 0.29) is 12.4 Å². The van der Waals surface area contributed by atoms with E-state index in [0.29, 0.717) is 5.56 Å². The third-order valence-electron chi connectivity index (χ3n) is 2.63. The lowest BCUT2D eigenvalue weighted by molar-refractivity contribution is 0.0964. The molecule has 0 saturated carbocycles. The molecule has 20 heavy (non-hydrogen) atoms. The average molecular weight is 272 g/mol. The molecule has 0 fully saturated rings. The van der Waals surface area contributed by atoms with Gasteiger partial charge in [0.05, 0.1) is 0 Å². The summed E-state index contributed by atoms with van der Waals surface area (Å²) in [5, 5.41) is 4.74. The largest absolute Gasteiger partial charge is 0.334 e. The highest BCUT2D eigenvalue weighted by atomic mass is 19.1. The van der Waals surface area contributed by atoms with E-state index in [1.54, 1.807) is 42.5 Å². The molecular weight excluding hydrogens is 259 g/mol. The molecular formula is C15H13FN2O2. The van der Waals surface area contributed by atoms with Gasteiger partial charge in [-0.15, -0.1) is 0 Å². The highest BCUT2D eigenvalue weighted by Gasteiger charge is 2.08. The molecule has 4 nitrogen and oxygen atoms in total. The number of amides is 3. The van der Waals surface area contributed by atoms with E-state index in [1.807, 2.05) is 0 Å². The minimum atomic E-state index is -0.594. The number of rotatable bonds is 3. The summed E-state index contributed by atoms with van der Waals surface area (Å²) in [5.41, 5.74) is 1.15. The van der Waals surface area contributed by atoms with Gasteiger partial charge in [-0.2, -0.15) is 0 Å². The predicted octanol–water partition coefficient (Wildman–Crippen LogP) is 2.47. The maximum atomic E-state index is 12.7. The Balaban J connectivity index is 1.84. The van der Waals surface area contributed by atoms with Gasteiger partial charge in [0.2, 0.25) is 0 Å². The number of hydrogen-bond acceptors (Lipinski definition) is 2. The number of nitrogens with one attached hydrogen (secondary N) is 2. The molecule has 2 rings (SSSR count). The molecule has 0 unspecified atom stereocenters. The van der Waals surface area contributed by atoms with Crippen LogP contribution in [-0.4, -0.2) is 11.9 Å². The number of halogens is 1. The molecule has 102 valence electrons. The van der Waals surface area contributed by atoms with Crippen molar-refractivity contribution in [3.63, 3.8) is 0 Å². The van der Waals surface area contributed by atoms with E-state index < -0.39 is 11.9 Å². The van der Waals surface area contributed by atoms with Gasteiger partial charge in [-0.05, 0) is 29.8 Å². The van der Waals surface area contributed by atoms with Crippen LogP contribution in [-0.2, 0) is 6.54 Å². The van der Waals surface area contributed by atoms with Gasteiger partial charge in [-0.3, -0.25) is 10.1 Å². The molecule has 0 aliphatic heterocycles. The molecule has 0 spiro atoms. The Morgan fingerprint density at radius 1 is 0.950 bits per heavy atom. The van der Waals surface area contributed by atoms with E-state index >= 15 is 0 Å². The van der Waals surface area contributed by atoms with Crippen LogP contribution in [0.4, 0.5) is 9.18 Å². The molecule has 5 heteroatoms. The maximum absolute atomic E-state index is 12.7. The fraction of sp³-hybridized carbons (Fsp3) is 0.0667. The SMILES string of the molecule is O=C(NCc1ccc(F)cc1)NC(=O)c1ccccc1. The standard InChI is InChI=1S/C15H13FN2O2/c16-13-8-6-11(7-9-13)10-17-15(20)18-14(19)12-4-2-1-3-5-12/h1-9H,10H2,(H2,17,18,19,20). The van der Waals surface area contributed by atoms with Gasteiger partial charge < -0.3 is 5.32 Å². The zero-order chi connectivity index (χ0) is 14.4. The molecule has 0 aliphatic rings. The first-order valence-electron chi connectivity index (χ1n) is 6.04. The number of carbonyl (C=O) groups is 2. The average Bonchev–Trinajstić information content (AvgIpc) is 2.47. The number of urea groups is 1. The predicted molar refractivity (Wildman–Crippen MR) is 72.5 cm³/mol. The lowest BCUT2D eigenvalue weighted by Gasteiger charge is -2.06. The third kappa shape index (κ3) is 3.91. The van der Waals surface area contributed by atoms with E-state index in [1.165, 1.54) is 12.1 Å². The smallest absolute Gasteiger partial charge is 0.321 e. The zero-order valence-electron chi connectivity index (χ0n) is 10.6. The lowest BCUT2D eigenvalue weighted by Crippen LogP contribution is -2.39. The van der Waals surface area contributed by atoms with Crippen molar-refractivity contribution in [3.8, 4) is 0 Å². The monoisotopic (exact) mass is 272 g/mol. The van der Waals surface area contributed by atoms with E-state index in [9.17, 15) is 14.0 Å². The summed E-state index contributed by atoms with van der Waals surface area (Å²) in [4.78, 5) is 23.2.